The van der Waals surface area contributed by atoms with E-state index in [9.17, 15) is 4.79 Å². The molecule has 7 aromatic carbocycles. The van der Waals surface area contributed by atoms with Crippen LogP contribution in [0.25, 0.3) is 83.8 Å². The van der Waals surface area contributed by atoms with Crippen LogP contribution in [-0.2, 0) is 5.41 Å². The minimum absolute atomic E-state index is 0.0544. The van der Waals surface area contributed by atoms with Crippen LogP contribution in [0, 0.1) is 0 Å². The molecule has 0 bridgehead atoms. The number of hydrogen-bond acceptors (Lipinski definition) is 4. The highest BCUT2D eigenvalue weighted by molar-refractivity contribution is 6.06. The summed E-state index contributed by atoms with van der Waals surface area (Å²) in [4.78, 5) is 29.5. The third-order valence-corrected chi connectivity index (χ3v) is 10.9. The Hall–Kier alpha value is -6.98. The Morgan fingerprint density at radius 2 is 1.02 bits per heavy atom. The Morgan fingerprint density at radius 1 is 0.444 bits per heavy atom. The maximum Gasteiger partial charge on any atom is 0.263 e. The van der Waals surface area contributed by atoms with Gasteiger partial charge in [0.1, 0.15) is 0 Å². The van der Waals surface area contributed by atoms with Crippen molar-refractivity contribution in [1.82, 2.24) is 19.5 Å². The Balaban J connectivity index is 1.16. The van der Waals surface area contributed by atoms with E-state index < -0.39 is 0 Å². The van der Waals surface area contributed by atoms with E-state index in [1.807, 2.05) is 72.8 Å². The molecule has 0 unspecified atom stereocenters. The minimum atomic E-state index is -0.161. The summed E-state index contributed by atoms with van der Waals surface area (Å²) < 4.78 is 1.80. The van der Waals surface area contributed by atoms with E-state index in [4.69, 9.17) is 15.0 Å². The molecular weight excluding hydrogens is 661 g/mol. The van der Waals surface area contributed by atoms with Crippen molar-refractivity contribution in [2.75, 3.05) is 0 Å². The third kappa shape index (κ3) is 5.01. The van der Waals surface area contributed by atoms with Crippen LogP contribution in [-0.4, -0.2) is 19.5 Å². The van der Waals surface area contributed by atoms with Gasteiger partial charge in [0.05, 0.1) is 5.52 Å². The molecule has 0 aliphatic heterocycles. The van der Waals surface area contributed by atoms with Gasteiger partial charge in [-0.1, -0.05) is 141 Å². The van der Waals surface area contributed by atoms with Gasteiger partial charge in [-0.25, -0.2) is 15.0 Å². The maximum absolute atomic E-state index is 14.0. The lowest BCUT2D eigenvalue weighted by Crippen LogP contribution is -2.19. The predicted molar refractivity (Wildman–Crippen MR) is 220 cm³/mol. The molecule has 9 aromatic rings. The van der Waals surface area contributed by atoms with Gasteiger partial charge in [-0.05, 0) is 81.2 Å². The van der Waals surface area contributed by atoms with Crippen molar-refractivity contribution in [2.24, 2.45) is 0 Å². The zero-order chi connectivity index (χ0) is 36.4. The molecule has 5 heteroatoms. The normalized spacial score (nSPS) is 12.9. The molecule has 0 saturated carbocycles. The molecular formula is C49H34N4O. The number of pyridine rings is 1. The lowest BCUT2D eigenvalue weighted by atomic mass is 9.82. The second-order valence-electron chi connectivity index (χ2n) is 14.4. The van der Waals surface area contributed by atoms with E-state index in [0.29, 0.717) is 22.9 Å². The zero-order valence-electron chi connectivity index (χ0n) is 29.9. The number of nitrogens with zero attached hydrogens (tertiary/aromatic N) is 4. The number of fused-ring (bicyclic) bond motifs is 6. The molecule has 1 aliphatic rings. The summed E-state index contributed by atoms with van der Waals surface area (Å²) in [6.07, 6.45) is 0. The van der Waals surface area contributed by atoms with Crippen molar-refractivity contribution in [2.45, 2.75) is 19.3 Å². The topological polar surface area (TPSA) is 60.7 Å². The molecule has 0 atom stereocenters. The first-order chi connectivity index (χ1) is 26.5. The lowest BCUT2D eigenvalue weighted by Gasteiger charge is -2.21. The third-order valence-electron chi connectivity index (χ3n) is 10.9. The van der Waals surface area contributed by atoms with Crippen LogP contribution in [0.3, 0.4) is 0 Å². The maximum atomic E-state index is 14.0. The second-order valence-corrected chi connectivity index (χ2v) is 14.4. The van der Waals surface area contributed by atoms with Crippen LogP contribution in [0.2, 0.25) is 0 Å². The van der Waals surface area contributed by atoms with Gasteiger partial charge in [0.2, 0.25) is 0 Å². The molecule has 5 nitrogen and oxygen atoms in total. The lowest BCUT2D eigenvalue weighted by molar-refractivity contribution is 0.660. The molecule has 0 spiro atoms. The van der Waals surface area contributed by atoms with E-state index >= 15 is 0 Å². The van der Waals surface area contributed by atoms with Crippen molar-refractivity contribution in [3.8, 4) is 62.1 Å². The average Bonchev–Trinajstić information content (AvgIpc) is 3.47. The summed E-state index contributed by atoms with van der Waals surface area (Å²) >= 11 is 0. The predicted octanol–water partition coefficient (Wildman–Crippen LogP) is 11.3. The minimum Gasteiger partial charge on any atom is -0.276 e. The van der Waals surface area contributed by atoms with Gasteiger partial charge in [-0.15, -0.1) is 0 Å². The molecule has 54 heavy (non-hydrogen) atoms. The fourth-order valence-electron chi connectivity index (χ4n) is 8.21. The van der Waals surface area contributed by atoms with Gasteiger partial charge >= 0.3 is 0 Å². The van der Waals surface area contributed by atoms with Crippen LogP contribution in [0.15, 0.2) is 175 Å². The number of aromatic nitrogens is 4. The SMILES string of the molecule is CC1(C)c2ccccc2-c2c(-c3nc(-c4ccc(-n5c(=O)c6ccccc6c6ccccc65)cc4)nc(-c4cccc(-c5ccccc5)c4)n3)cccc21. The van der Waals surface area contributed by atoms with Crippen molar-refractivity contribution >= 4 is 21.7 Å². The van der Waals surface area contributed by atoms with Crippen molar-refractivity contribution < 1.29 is 0 Å². The molecule has 0 fully saturated rings. The molecule has 256 valence electrons. The van der Waals surface area contributed by atoms with Gasteiger partial charge in [-0.2, -0.15) is 0 Å². The van der Waals surface area contributed by atoms with Gasteiger partial charge in [-0.3, -0.25) is 9.36 Å². The van der Waals surface area contributed by atoms with E-state index in [0.717, 1.165) is 55.4 Å². The fourth-order valence-corrected chi connectivity index (χ4v) is 8.21. The highest BCUT2D eigenvalue weighted by Gasteiger charge is 2.37. The van der Waals surface area contributed by atoms with Gasteiger partial charge in [0.15, 0.2) is 17.5 Å². The van der Waals surface area contributed by atoms with Crippen LogP contribution >= 0.6 is 0 Å². The standard InChI is InChI=1S/C49H34N4O/c1-49(2)41-23-10-8-21-39(41)44-40(22-13-24-42(44)49)47-51-45(50-46(52-47)34-17-12-16-33(30-34)31-14-4-3-5-15-31)32-26-28-35(29-27-32)53-43-25-11-9-19-37(43)36-18-6-7-20-38(36)48(53)54/h3-30H,1-2H3. The van der Waals surface area contributed by atoms with Gasteiger partial charge in [0, 0.05) is 38.6 Å². The first-order valence-corrected chi connectivity index (χ1v) is 18.2. The zero-order valence-corrected chi connectivity index (χ0v) is 29.9. The van der Waals surface area contributed by atoms with E-state index in [-0.39, 0.29) is 11.0 Å². The first kappa shape index (κ1) is 31.7. The van der Waals surface area contributed by atoms with Crippen LogP contribution in [0.1, 0.15) is 25.0 Å². The summed E-state index contributed by atoms with van der Waals surface area (Å²) in [5.41, 5.74) is 11.3. The fraction of sp³-hybridized carbons (Fsp3) is 0.0612. The second kappa shape index (κ2) is 12.3. The molecule has 0 saturated heterocycles. The summed E-state index contributed by atoms with van der Waals surface area (Å²) in [6.45, 7) is 4.57. The van der Waals surface area contributed by atoms with Gasteiger partial charge in [0.25, 0.3) is 5.56 Å². The summed E-state index contributed by atoms with van der Waals surface area (Å²) in [5.74, 6) is 1.77. The van der Waals surface area contributed by atoms with Crippen LogP contribution in [0.4, 0.5) is 0 Å². The number of rotatable bonds is 5. The quantitative estimate of drug-likeness (QED) is 0.168. The smallest absolute Gasteiger partial charge is 0.263 e. The van der Waals surface area contributed by atoms with Crippen LogP contribution in [0.5, 0.6) is 0 Å². The number of hydrogen-bond donors (Lipinski definition) is 0. The largest absolute Gasteiger partial charge is 0.276 e. The summed E-state index contributed by atoms with van der Waals surface area (Å²) in [6, 6.07) is 57.7. The van der Waals surface area contributed by atoms with Crippen LogP contribution < -0.4 is 5.56 Å². The molecule has 0 amide bonds. The van der Waals surface area contributed by atoms with E-state index in [1.54, 1.807) is 4.57 Å². The molecule has 0 radical (unpaired) electrons. The van der Waals surface area contributed by atoms with E-state index in [2.05, 4.69) is 111 Å². The van der Waals surface area contributed by atoms with Crippen molar-refractivity contribution in [3.63, 3.8) is 0 Å². The molecule has 2 heterocycles. The Kier molecular flexibility index (Phi) is 7.24. The summed E-state index contributed by atoms with van der Waals surface area (Å²) in [5, 5.41) is 2.66. The number of benzene rings is 7. The van der Waals surface area contributed by atoms with Crippen molar-refractivity contribution in [1.29, 1.82) is 0 Å². The molecule has 2 aromatic heterocycles. The Bertz CT molecular complexity index is 2980. The van der Waals surface area contributed by atoms with Crippen molar-refractivity contribution in [3.05, 3.63) is 191 Å². The Labute approximate surface area is 312 Å². The monoisotopic (exact) mass is 694 g/mol. The van der Waals surface area contributed by atoms with Gasteiger partial charge < -0.3 is 0 Å². The van der Waals surface area contributed by atoms with E-state index in [1.165, 1.54) is 16.7 Å². The highest BCUT2D eigenvalue weighted by Crippen LogP contribution is 2.51. The molecule has 1 aliphatic carbocycles. The summed E-state index contributed by atoms with van der Waals surface area (Å²) in [7, 11) is 0. The molecule has 0 N–H and O–H groups in total. The number of para-hydroxylation sites is 1. The highest BCUT2D eigenvalue weighted by atomic mass is 16.1. The first-order valence-electron chi connectivity index (χ1n) is 18.2. The average molecular weight is 695 g/mol. The molecule has 10 rings (SSSR count). The Morgan fingerprint density at radius 3 is 1.83 bits per heavy atom.